The van der Waals surface area contributed by atoms with Crippen LogP contribution in [0.2, 0.25) is 0 Å². The van der Waals surface area contributed by atoms with Gasteiger partial charge in [0, 0.05) is 38.6 Å². The molecule has 1 atom stereocenters. The van der Waals surface area contributed by atoms with E-state index in [1.54, 1.807) is 23.8 Å². The van der Waals surface area contributed by atoms with Crippen molar-refractivity contribution in [3.05, 3.63) is 70.6 Å². The average Bonchev–Trinajstić information content (AvgIpc) is 2.76. The first-order valence-electron chi connectivity index (χ1n) is 10.6. The molecule has 0 aliphatic rings. The summed E-state index contributed by atoms with van der Waals surface area (Å²) in [5, 5.41) is 1.50. The van der Waals surface area contributed by atoms with Crippen LogP contribution in [-0.4, -0.2) is 23.9 Å². The minimum Gasteiger partial charge on any atom is -0.465 e. The fraction of sp³-hybridized carbons (Fsp3) is 0.360. The normalized spacial score (nSPS) is 12.0. The van der Waals surface area contributed by atoms with E-state index >= 15 is 0 Å². The predicted octanol–water partition coefficient (Wildman–Crippen LogP) is 4.71. The molecular formula is C25H29NO5. The Morgan fingerprint density at radius 3 is 2.48 bits per heavy atom. The quantitative estimate of drug-likeness (QED) is 0.268. The Hall–Kier alpha value is -3.12. The van der Waals surface area contributed by atoms with Crippen molar-refractivity contribution in [2.45, 2.75) is 52.4 Å². The van der Waals surface area contributed by atoms with Gasteiger partial charge >= 0.3 is 5.97 Å². The topological polar surface area (TPSA) is 66.8 Å². The predicted molar refractivity (Wildman–Crippen MR) is 121 cm³/mol. The molecule has 6 heteroatoms. The zero-order valence-electron chi connectivity index (χ0n) is 18.3. The zero-order chi connectivity index (χ0) is 22.2. The van der Waals surface area contributed by atoms with Crippen molar-refractivity contribution in [3.8, 4) is 11.5 Å². The number of esters is 1. The Morgan fingerprint density at radius 2 is 1.81 bits per heavy atom. The van der Waals surface area contributed by atoms with E-state index < -0.39 is 0 Å². The molecular weight excluding hydrogens is 394 g/mol. The number of ether oxygens (including phenoxy) is 3. The van der Waals surface area contributed by atoms with Crippen molar-refractivity contribution < 1.29 is 19.0 Å². The van der Waals surface area contributed by atoms with Crippen molar-refractivity contribution in [1.29, 1.82) is 0 Å². The number of hydrogen-bond donors (Lipinski definition) is 0. The lowest BCUT2D eigenvalue weighted by Gasteiger charge is -2.17. The number of carbonyl (C=O) groups excluding carboxylic acids is 1. The number of fused-ring (bicyclic) bond motifs is 1. The summed E-state index contributed by atoms with van der Waals surface area (Å²) in [6, 6.07) is 14.8. The number of aryl methyl sites for hydroxylation is 2. The van der Waals surface area contributed by atoms with Crippen LogP contribution in [0.15, 0.2) is 59.5 Å². The maximum atomic E-state index is 12.9. The minimum absolute atomic E-state index is 0.0325. The lowest BCUT2D eigenvalue weighted by atomic mass is 10.1. The summed E-state index contributed by atoms with van der Waals surface area (Å²) in [7, 11) is 1.64. The van der Waals surface area contributed by atoms with Crippen molar-refractivity contribution >= 4 is 16.7 Å². The largest absolute Gasteiger partial charge is 0.465 e. The molecule has 1 heterocycles. The number of aromatic nitrogens is 1. The summed E-state index contributed by atoms with van der Waals surface area (Å²) in [6.45, 7) is 4.06. The third-order valence-corrected chi connectivity index (χ3v) is 5.10. The van der Waals surface area contributed by atoms with E-state index in [4.69, 9.17) is 14.2 Å². The monoisotopic (exact) mass is 423 g/mol. The maximum Gasteiger partial charge on any atom is 0.308 e. The van der Waals surface area contributed by atoms with E-state index in [0.29, 0.717) is 29.9 Å². The number of hydrogen-bond acceptors (Lipinski definition) is 5. The van der Waals surface area contributed by atoms with Gasteiger partial charge in [-0.05, 0) is 60.2 Å². The van der Waals surface area contributed by atoms with Gasteiger partial charge in [-0.15, -0.1) is 0 Å². The number of methoxy groups -OCH3 is 1. The molecule has 0 fully saturated rings. The first kappa shape index (κ1) is 22.6. The highest BCUT2D eigenvalue weighted by Gasteiger charge is 2.10. The van der Waals surface area contributed by atoms with Crippen LogP contribution in [0.3, 0.4) is 0 Å². The molecule has 31 heavy (non-hydrogen) atoms. The number of benzene rings is 2. The smallest absolute Gasteiger partial charge is 0.308 e. The molecule has 6 nitrogen and oxygen atoms in total. The fourth-order valence-corrected chi connectivity index (χ4v) is 3.40. The zero-order valence-corrected chi connectivity index (χ0v) is 18.3. The second-order valence-electron chi connectivity index (χ2n) is 7.48. The van der Waals surface area contributed by atoms with Crippen LogP contribution in [0.4, 0.5) is 0 Å². The summed E-state index contributed by atoms with van der Waals surface area (Å²) < 4.78 is 18.1. The summed E-state index contributed by atoms with van der Waals surface area (Å²) in [6.07, 6.45) is 5.16. The maximum absolute atomic E-state index is 12.9. The average molecular weight is 424 g/mol. The molecule has 0 radical (unpaired) electrons. The molecule has 0 bridgehead atoms. The minimum atomic E-state index is -0.345. The van der Waals surface area contributed by atoms with Gasteiger partial charge in [0.25, 0.3) is 5.56 Å². The van der Waals surface area contributed by atoms with E-state index in [2.05, 4.69) is 6.92 Å². The van der Waals surface area contributed by atoms with Crippen LogP contribution in [-0.2, 0) is 22.5 Å². The lowest BCUT2D eigenvalue weighted by molar-refractivity contribution is -0.131. The third kappa shape index (κ3) is 6.18. The molecule has 1 aromatic heterocycles. The molecule has 3 aromatic rings. The van der Waals surface area contributed by atoms with E-state index in [0.717, 1.165) is 30.2 Å². The van der Waals surface area contributed by atoms with Gasteiger partial charge in [-0.1, -0.05) is 25.5 Å². The molecule has 0 saturated heterocycles. The van der Waals surface area contributed by atoms with Crippen LogP contribution >= 0.6 is 0 Å². The summed E-state index contributed by atoms with van der Waals surface area (Å²) in [5.74, 6) is 0.866. The Bertz CT molecular complexity index is 1070. The molecule has 0 aliphatic carbocycles. The highest BCUT2D eigenvalue weighted by Crippen LogP contribution is 2.21. The molecule has 0 aliphatic heterocycles. The van der Waals surface area contributed by atoms with Gasteiger partial charge in [-0.25, -0.2) is 0 Å². The molecule has 0 N–H and O–H groups in total. The fourth-order valence-electron chi connectivity index (χ4n) is 3.40. The van der Waals surface area contributed by atoms with Gasteiger partial charge in [0.1, 0.15) is 11.5 Å². The Morgan fingerprint density at radius 1 is 1.06 bits per heavy atom. The first-order chi connectivity index (χ1) is 15.0. The number of pyridine rings is 1. The van der Waals surface area contributed by atoms with Gasteiger partial charge in [0.05, 0.1) is 0 Å². The van der Waals surface area contributed by atoms with Crippen LogP contribution < -0.4 is 15.0 Å². The second-order valence-corrected chi connectivity index (χ2v) is 7.48. The SMILES string of the molecule is CCCCC(OC)Oc1ccc2c(=O)n(CCc3ccc(OC(C)=O)cc3)ccc2c1. The molecule has 1 unspecified atom stereocenters. The lowest BCUT2D eigenvalue weighted by Crippen LogP contribution is -2.21. The molecule has 0 spiro atoms. The van der Waals surface area contributed by atoms with Gasteiger partial charge in [-0.3, -0.25) is 9.59 Å². The summed E-state index contributed by atoms with van der Waals surface area (Å²) in [5.41, 5.74) is 1.03. The molecule has 3 rings (SSSR count). The number of rotatable bonds is 10. The van der Waals surface area contributed by atoms with Crippen molar-refractivity contribution in [1.82, 2.24) is 4.57 Å². The Kier molecular flexibility index (Phi) is 7.84. The highest BCUT2D eigenvalue weighted by molar-refractivity contribution is 5.82. The van der Waals surface area contributed by atoms with Gasteiger partial charge in [0.2, 0.25) is 0 Å². The van der Waals surface area contributed by atoms with Crippen molar-refractivity contribution in [3.63, 3.8) is 0 Å². The van der Waals surface area contributed by atoms with Gasteiger partial charge in [-0.2, -0.15) is 0 Å². The van der Waals surface area contributed by atoms with Crippen LogP contribution in [0.1, 0.15) is 38.7 Å². The highest BCUT2D eigenvalue weighted by atomic mass is 16.7. The van der Waals surface area contributed by atoms with Crippen LogP contribution in [0, 0.1) is 0 Å². The molecule has 0 amide bonds. The summed E-state index contributed by atoms with van der Waals surface area (Å²) in [4.78, 5) is 23.9. The van der Waals surface area contributed by atoms with Crippen LogP contribution in [0.5, 0.6) is 11.5 Å². The van der Waals surface area contributed by atoms with Gasteiger partial charge in [0.15, 0.2) is 6.29 Å². The van der Waals surface area contributed by atoms with E-state index in [1.165, 1.54) is 6.92 Å². The Balaban J connectivity index is 1.69. The second kappa shape index (κ2) is 10.8. The van der Waals surface area contributed by atoms with E-state index in [9.17, 15) is 9.59 Å². The molecule has 0 saturated carbocycles. The standard InChI is InChI=1S/C25H29NO5/c1-4-5-6-24(29-3)31-22-11-12-23-20(17-22)14-16-26(25(23)28)15-13-19-7-9-21(10-8-19)30-18(2)27/h7-12,14,16-17,24H,4-6,13,15H2,1-3H3. The van der Waals surface area contributed by atoms with E-state index in [1.807, 2.05) is 42.6 Å². The first-order valence-corrected chi connectivity index (χ1v) is 10.6. The van der Waals surface area contributed by atoms with Crippen LogP contribution in [0.25, 0.3) is 10.8 Å². The van der Waals surface area contributed by atoms with Crippen molar-refractivity contribution in [2.75, 3.05) is 7.11 Å². The number of carbonyl (C=O) groups is 1. The third-order valence-electron chi connectivity index (χ3n) is 5.10. The van der Waals surface area contributed by atoms with E-state index in [-0.39, 0.29) is 17.8 Å². The summed E-state index contributed by atoms with van der Waals surface area (Å²) >= 11 is 0. The molecule has 2 aromatic carbocycles. The number of unbranched alkanes of at least 4 members (excludes halogenated alkanes) is 1. The Labute approximate surface area is 182 Å². The number of nitrogens with zero attached hydrogens (tertiary/aromatic N) is 1. The molecule has 164 valence electrons. The van der Waals surface area contributed by atoms with Crippen molar-refractivity contribution in [2.24, 2.45) is 0 Å². The van der Waals surface area contributed by atoms with Gasteiger partial charge < -0.3 is 18.8 Å².